The molecule has 384 valence electrons. The third-order valence-corrected chi connectivity index (χ3v) is 13.8. The number of ketones is 1. The van der Waals surface area contributed by atoms with Crippen molar-refractivity contribution >= 4 is 39.8 Å². The molecule has 18 nitrogen and oxygen atoms in total. The van der Waals surface area contributed by atoms with Crippen molar-refractivity contribution in [3.63, 3.8) is 0 Å². The van der Waals surface area contributed by atoms with Crippen LogP contribution in [-0.2, 0) is 19.1 Å². The standard InChI is InChI=1S/C52H68N8O9.CH4O/c1-28(2)25-59-21-18-52(19-22-59)57-41-38-39-45(63)34(8)48-40(38)49(65)51(9,69-48)67-23-13-16-30(4)47(68-37(61)27-60(54)26-35(53)36-17-10-11-20-55-36)33(7)44(62)32(6)24-29(3)14-12-15-31(5)50(66)56-43(46(39)64)42(41)58-52;1-2/h10-15,17,20,23,26,28-30,32-33,44,47,62-64H,16,18-19,21-22,24-25,27,53-54H2,1-9H3,(H,56,66);2H,1H3/b14-12+,23-13+,31-15-,35-26-;/t29-,30+,32+,33+,44+,47+,51?;/m0./s1. The van der Waals surface area contributed by atoms with E-state index in [1.165, 1.54) is 19.4 Å². The topological polar surface area (TPSA) is 268 Å². The third kappa shape index (κ3) is 11.6. The summed E-state index contributed by atoms with van der Waals surface area (Å²) in [5.41, 5.74) is 6.52. The van der Waals surface area contributed by atoms with Crippen LogP contribution in [0.2, 0.25) is 0 Å². The van der Waals surface area contributed by atoms with Crippen molar-refractivity contribution in [2.75, 3.05) is 38.6 Å². The van der Waals surface area contributed by atoms with Crippen molar-refractivity contribution < 1.29 is 49.0 Å². The van der Waals surface area contributed by atoms with Crippen LogP contribution in [0.4, 0.5) is 5.69 Å². The van der Waals surface area contributed by atoms with E-state index < -0.39 is 53.0 Å². The second-order valence-electron chi connectivity index (χ2n) is 20.0. The molecule has 2 aromatic carbocycles. The van der Waals surface area contributed by atoms with Gasteiger partial charge in [-0.3, -0.25) is 29.4 Å². The van der Waals surface area contributed by atoms with Crippen molar-refractivity contribution in [1.29, 1.82) is 0 Å². The molecule has 1 saturated heterocycles. The number of Topliss-reactive ketones (excluding diaryl/α,β-unsaturated/α-hetero) is 1. The number of rotatable bonds is 7. The molecule has 1 amide bonds. The summed E-state index contributed by atoms with van der Waals surface area (Å²) in [5.74, 6) is 1.04. The highest BCUT2D eigenvalue weighted by Gasteiger charge is 2.50. The van der Waals surface area contributed by atoms with E-state index in [-0.39, 0.29) is 79.8 Å². The first-order valence-electron chi connectivity index (χ1n) is 24.3. The maximum Gasteiger partial charge on any atom is 0.327 e. The van der Waals surface area contributed by atoms with Crippen LogP contribution in [-0.4, -0.2) is 110 Å². The number of aromatic hydroxyl groups is 2. The second kappa shape index (κ2) is 22.4. The van der Waals surface area contributed by atoms with Crippen LogP contribution in [0.15, 0.2) is 76.7 Å². The number of aromatic nitrogens is 1. The number of amides is 1. The molecule has 9 N–H and O–H groups in total. The van der Waals surface area contributed by atoms with Crippen molar-refractivity contribution in [3.8, 4) is 17.2 Å². The van der Waals surface area contributed by atoms with E-state index in [0.29, 0.717) is 56.0 Å². The Morgan fingerprint density at radius 2 is 1.73 bits per heavy atom. The molecule has 71 heavy (non-hydrogen) atoms. The minimum absolute atomic E-state index is 0.0206. The molecule has 1 fully saturated rings. The first kappa shape index (κ1) is 54.0. The van der Waals surface area contributed by atoms with Crippen LogP contribution in [0.3, 0.4) is 0 Å². The number of anilines is 1. The summed E-state index contributed by atoms with van der Waals surface area (Å²) in [5, 5.41) is 47.4. The number of hydrazine groups is 1. The summed E-state index contributed by atoms with van der Waals surface area (Å²) in [6.45, 7) is 18.7. The number of nitrogens with two attached hydrogens (primary N) is 2. The highest BCUT2D eigenvalue weighted by molar-refractivity contribution is 6.19. The van der Waals surface area contributed by atoms with E-state index in [0.717, 1.165) is 18.7 Å². The molecule has 3 aromatic rings. The summed E-state index contributed by atoms with van der Waals surface area (Å²) in [7, 11) is 1.00. The van der Waals surface area contributed by atoms with E-state index in [1.54, 1.807) is 56.5 Å². The first-order chi connectivity index (χ1) is 33.6. The third-order valence-electron chi connectivity index (χ3n) is 13.8. The molecule has 0 saturated carbocycles. The van der Waals surface area contributed by atoms with Gasteiger partial charge in [0.05, 0.1) is 40.1 Å². The van der Waals surface area contributed by atoms with Crippen molar-refractivity contribution in [2.45, 2.75) is 112 Å². The van der Waals surface area contributed by atoms with Gasteiger partial charge in [-0.15, -0.1) is 0 Å². The summed E-state index contributed by atoms with van der Waals surface area (Å²) in [6, 6.07) is 5.26. The van der Waals surface area contributed by atoms with Crippen molar-refractivity contribution in [2.24, 2.45) is 51.2 Å². The molecular weight excluding hydrogens is 909 g/mol. The zero-order valence-electron chi connectivity index (χ0n) is 42.6. The lowest BCUT2D eigenvalue weighted by Crippen LogP contribution is -2.43. The number of ether oxygens (including phenoxy) is 3. The number of carbonyl (C=O) groups is 3. The van der Waals surface area contributed by atoms with Gasteiger partial charge in [0.25, 0.3) is 11.7 Å². The smallest absolute Gasteiger partial charge is 0.327 e. The Bertz CT molecular complexity index is 2730. The van der Waals surface area contributed by atoms with Gasteiger partial charge >= 0.3 is 11.8 Å². The summed E-state index contributed by atoms with van der Waals surface area (Å²) < 4.78 is 18.6. The lowest BCUT2D eigenvalue weighted by molar-refractivity contribution is -0.159. The number of phenols is 2. The number of allylic oxidation sites excluding steroid dienone is 4. The molecule has 7 atom stereocenters. The number of aliphatic hydroxyl groups is 2. The van der Waals surface area contributed by atoms with Gasteiger partial charge in [-0.25, -0.2) is 5.84 Å². The average molecular weight is 981 g/mol. The van der Waals surface area contributed by atoms with E-state index in [4.69, 9.17) is 40.9 Å². The van der Waals surface area contributed by atoms with Crippen molar-refractivity contribution in [1.82, 2.24) is 14.9 Å². The maximum atomic E-state index is 14.8. The second-order valence-corrected chi connectivity index (χ2v) is 20.0. The van der Waals surface area contributed by atoms with Crippen LogP contribution < -0.4 is 32.3 Å². The van der Waals surface area contributed by atoms with Gasteiger partial charge in [0, 0.05) is 81.3 Å². The molecule has 0 radical (unpaired) electrons. The summed E-state index contributed by atoms with van der Waals surface area (Å²) >= 11 is 0. The number of esters is 1. The number of benzene rings is 2. The SMILES string of the molecule is C/C1=C/C=C/[C@H](C)C[C@@H](C)[C@@H](O)[C@@H](C)[C@H](OC(=O)CN(N)/C=C(\N)c2ccccn2)[C@H](C)C/C=C/OC2(C)Oc3c(C)c(O)c4c(O)c(c5c(c4c3C2=O)=NC2(CCN(CC(C)C)CC2)N=5)NC1=O.CO. The zero-order chi connectivity index (χ0) is 52.1. The Morgan fingerprint density at radius 1 is 1.04 bits per heavy atom. The number of pyridine rings is 1. The molecule has 8 rings (SSSR count). The quantitative estimate of drug-likeness (QED) is 0.0688. The Hall–Kier alpha value is -6.34. The Morgan fingerprint density at radius 3 is 2.39 bits per heavy atom. The van der Waals surface area contributed by atoms with Gasteiger partial charge in [0.15, 0.2) is 11.4 Å². The number of piperidine rings is 1. The molecule has 1 spiro atoms. The van der Waals surface area contributed by atoms with Gasteiger partial charge in [0.2, 0.25) is 0 Å². The van der Waals surface area contributed by atoms with Gasteiger partial charge in [-0.1, -0.05) is 65.8 Å². The Kier molecular flexibility index (Phi) is 17.0. The minimum atomic E-state index is -1.92. The minimum Gasteiger partial charge on any atom is -0.507 e. The fourth-order valence-electron chi connectivity index (χ4n) is 9.96. The molecule has 1 aromatic heterocycles. The number of carbonyl (C=O) groups excluding carboxylic acids is 3. The number of phenolic OH excluding ortho intramolecular Hbond substituents is 2. The lowest BCUT2D eigenvalue weighted by atomic mass is 9.80. The fourth-order valence-corrected chi connectivity index (χ4v) is 9.96. The Balaban J connectivity index is 0.00000407. The van der Waals surface area contributed by atoms with Gasteiger partial charge in [0.1, 0.15) is 35.2 Å². The molecular formula is C53H72N8O10. The number of nitrogens with one attached hydrogen (secondary N) is 1. The first-order valence-corrected chi connectivity index (χ1v) is 24.3. The Labute approximate surface area is 415 Å². The number of hydrogen-bond donors (Lipinski definition) is 7. The predicted molar refractivity (Wildman–Crippen MR) is 270 cm³/mol. The molecule has 5 bridgehead atoms. The van der Waals surface area contributed by atoms with Crippen LogP contribution in [0.25, 0.3) is 16.5 Å². The molecule has 0 aliphatic carbocycles. The molecule has 5 aliphatic rings. The van der Waals surface area contributed by atoms with E-state index in [2.05, 4.69) is 29.0 Å². The monoisotopic (exact) mass is 981 g/mol. The van der Waals surface area contributed by atoms with Crippen LogP contribution in [0, 0.1) is 36.5 Å². The van der Waals surface area contributed by atoms with E-state index in [1.807, 2.05) is 33.8 Å². The molecule has 6 heterocycles. The highest BCUT2D eigenvalue weighted by atomic mass is 16.7. The van der Waals surface area contributed by atoms with E-state index in [9.17, 15) is 29.7 Å². The zero-order valence-corrected chi connectivity index (χ0v) is 42.6. The van der Waals surface area contributed by atoms with Gasteiger partial charge in [-0.2, -0.15) is 0 Å². The van der Waals surface area contributed by atoms with Crippen LogP contribution in [0.5, 0.6) is 17.2 Å². The van der Waals surface area contributed by atoms with Crippen molar-refractivity contribution in [3.05, 3.63) is 94.3 Å². The molecule has 1 unspecified atom stereocenters. The molecule has 18 heteroatoms. The lowest BCUT2D eigenvalue weighted by Gasteiger charge is -2.36. The summed E-state index contributed by atoms with van der Waals surface area (Å²) in [4.78, 5) is 59.3. The van der Waals surface area contributed by atoms with Gasteiger partial charge < -0.3 is 55.6 Å². The number of likely N-dealkylation sites (tertiary alicyclic amines) is 1. The number of nitrogens with zero attached hydrogens (tertiary/aromatic N) is 5. The molecule has 5 aliphatic heterocycles. The number of fused-ring (bicyclic) bond motifs is 13. The fraction of sp³-hybridized carbons (Fsp3) is 0.509. The van der Waals surface area contributed by atoms with Crippen LogP contribution in [0.1, 0.15) is 103 Å². The van der Waals surface area contributed by atoms with Gasteiger partial charge in [-0.05, 0) is 68.6 Å². The predicted octanol–water partition coefficient (Wildman–Crippen LogP) is 5.27. The number of aliphatic hydroxyl groups excluding tert-OH is 2. The largest absolute Gasteiger partial charge is 0.507 e. The summed E-state index contributed by atoms with van der Waals surface area (Å²) in [6.07, 6.45) is 11.7. The normalized spacial score (nSPS) is 27.5. The maximum absolute atomic E-state index is 14.8. The highest BCUT2D eigenvalue weighted by Crippen LogP contribution is 2.50. The van der Waals surface area contributed by atoms with Crippen LogP contribution >= 0.6 is 0 Å². The average Bonchev–Trinajstić information content (AvgIpc) is 3.83. The number of hydrogen-bond acceptors (Lipinski definition) is 17. The van der Waals surface area contributed by atoms with E-state index >= 15 is 0 Å².